The SMILES string of the molecule is CCOC(=O)c1c(C(F)(F)F)nc(C(F)F)c(C(=O)OC)c1NN(C)C. The fraction of sp³-hybridized carbons (Fsp3) is 0.500. The van der Waals surface area contributed by atoms with Gasteiger partial charge in [-0.2, -0.15) is 13.2 Å². The summed E-state index contributed by atoms with van der Waals surface area (Å²) in [5.41, 5.74) is -4.13. The summed E-state index contributed by atoms with van der Waals surface area (Å²) in [6.45, 7) is 1.05. The van der Waals surface area contributed by atoms with Crippen molar-refractivity contribution >= 4 is 17.6 Å². The number of hydrazine groups is 1. The van der Waals surface area contributed by atoms with E-state index in [0.29, 0.717) is 0 Å². The second kappa shape index (κ2) is 8.25. The van der Waals surface area contributed by atoms with E-state index in [0.717, 1.165) is 12.1 Å². The number of carbonyl (C=O) groups is 2. The Bertz CT molecular complexity index is 692. The number of hydrogen-bond donors (Lipinski definition) is 1. The van der Waals surface area contributed by atoms with Crippen LogP contribution in [0.3, 0.4) is 0 Å². The largest absolute Gasteiger partial charge is 0.465 e. The van der Waals surface area contributed by atoms with Crippen molar-refractivity contribution in [1.82, 2.24) is 9.99 Å². The first-order valence-corrected chi connectivity index (χ1v) is 7.08. The number of ether oxygens (including phenoxy) is 2. The number of nitrogens with one attached hydrogen (secondary N) is 1. The number of hydrogen-bond acceptors (Lipinski definition) is 7. The fourth-order valence-electron chi connectivity index (χ4n) is 2.01. The van der Waals surface area contributed by atoms with Gasteiger partial charge in [0, 0.05) is 14.1 Å². The molecule has 1 N–H and O–H groups in total. The van der Waals surface area contributed by atoms with Crippen LogP contribution >= 0.6 is 0 Å². The molecule has 0 aliphatic carbocycles. The number of anilines is 1. The highest BCUT2D eigenvalue weighted by molar-refractivity contribution is 6.05. The van der Waals surface area contributed by atoms with Crippen LogP contribution in [0.1, 0.15) is 45.5 Å². The summed E-state index contributed by atoms with van der Waals surface area (Å²) in [6, 6.07) is 0. The van der Waals surface area contributed by atoms with Gasteiger partial charge in [0.05, 0.1) is 19.4 Å². The molecule has 146 valence electrons. The van der Waals surface area contributed by atoms with Crippen molar-refractivity contribution in [1.29, 1.82) is 0 Å². The Labute approximate surface area is 145 Å². The van der Waals surface area contributed by atoms with Crippen molar-refractivity contribution in [2.24, 2.45) is 0 Å². The Balaban J connectivity index is 4.03. The van der Waals surface area contributed by atoms with Gasteiger partial charge in [-0.05, 0) is 6.92 Å². The number of halogens is 5. The molecule has 0 radical (unpaired) electrons. The highest BCUT2D eigenvalue weighted by Gasteiger charge is 2.43. The average molecular weight is 385 g/mol. The molecular weight excluding hydrogens is 369 g/mol. The lowest BCUT2D eigenvalue weighted by molar-refractivity contribution is -0.142. The van der Waals surface area contributed by atoms with E-state index in [1.165, 1.54) is 21.0 Å². The number of pyridine rings is 1. The molecule has 0 fully saturated rings. The van der Waals surface area contributed by atoms with Crippen molar-refractivity contribution < 1.29 is 41.0 Å². The third-order valence-corrected chi connectivity index (χ3v) is 2.90. The van der Waals surface area contributed by atoms with Gasteiger partial charge in [-0.1, -0.05) is 0 Å². The lowest BCUT2D eigenvalue weighted by atomic mass is 10.0. The molecule has 0 amide bonds. The topological polar surface area (TPSA) is 80.8 Å². The lowest BCUT2D eigenvalue weighted by Gasteiger charge is -2.23. The minimum atomic E-state index is -5.26. The normalized spacial score (nSPS) is 11.7. The smallest absolute Gasteiger partial charge is 0.434 e. The van der Waals surface area contributed by atoms with Gasteiger partial charge >= 0.3 is 18.1 Å². The molecule has 1 aromatic rings. The maximum Gasteiger partial charge on any atom is 0.434 e. The number of alkyl halides is 5. The van der Waals surface area contributed by atoms with Crippen molar-refractivity contribution in [2.75, 3.05) is 33.2 Å². The van der Waals surface area contributed by atoms with Gasteiger partial charge in [0.15, 0.2) is 5.69 Å². The Hall–Kier alpha value is -2.50. The molecular formula is C14H16F5N3O4. The highest BCUT2D eigenvalue weighted by Crippen LogP contribution is 2.39. The van der Waals surface area contributed by atoms with E-state index in [-0.39, 0.29) is 6.61 Å². The van der Waals surface area contributed by atoms with E-state index in [1.807, 2.05) is 0 Å². The minimum Gasteiger partial charge on any atom is -0.465 e. The van der Waals surface area contributed by atoms with Crippen LogP contribution in [0.4, 0.5) is 27.6 Å². The Kier molecular flexibility index (Phi) is 6.84. The van der Waals surface area contributed by atoms with E-state index in [4.69, 9.17) is 0 Å². The van der Waals surface area contributed by atoms with Crippen LogP contribution in [-0.2, 0) is 15.7 Å². The van der Waals surface area contributed by atoms with Gasteiger partial charge < -0.3 is 14.9 Å². The zero-order chi connectivity index (χ0) is 20.2. The molecule has 0 saturated heterocycles. The van der Waals surface area contributed by atoms with Crippen molar-refractivity contribution in [3.05, 3.63) is 22.5 Å². The Morgan fingerprint density at radius 2 is 1.77 bits per heavy atom. The van der Waals surface area contributed by atoms with Crippen LogP contribution in [0.15, 0.2) is 0 Å². The first kappa shape index (κ1) is 21.5. The molecule has 0 atom stereocenters. The quantitative estimate of drug-likeness (QED) is 0.458. The predicted octanol–water partition coefficient (Wildman–Crippen LogP) is 2.89. The molecule has 0 spiro atoms. The zero-order valence-corrected chi connectivity index (χ0v) is 14.2. The van der Waals surface area contributed by atoms with Gasteiger partial charge in [0.2, 0.25) is 0 Å². The maximum atomic E-state index is 13.4. The molecule has 0 saturated carbocycles. The number of esters is 2. The van der Waals surface area contributed by atoms with E-state index in [9.17, 15) is 31.5 Å². The summed E-state index contributed by atoms with van der Waals surface area (Å²) >= 11 is 0. The molecule has 1 aromatic heterocycles. The molecule has 7 nitrogen and oxygen atoms in total. The number of aromatic nitrogens is 1. The summed E-state index contributed by atoms with van der Waals surface area (Å²) < 4.78 is 75.6. The van der Waals surface area contributed by atoms with Crippen molar-refractivity contribution in [2.45, 2.75) is 19.5 Å². The summed E-state index contributed by atoms with van der Waals surface area (Å²) in [6.07, 6.45) is -8.80. The van der Waals surface area contributed by atoms with Gasteiger partial charge in [-0.3, -0.25) is 0 Å². The summed E-state index contributed by atoms with van der Waals surface area (Å²) in [4.78, 5) is 26.9. The maximum absolute atomic E-state index is 13.4. The summed E-state index contributed by atoms with van der Waals surface area (Å²) in [5, 5.41) is 1.06. The van der Waals surface area contributed by atoms with Crippen LogP contribution < -0.4 is 5.43 Å². The van der Waals surface area contributed by atoms with Gasteiger partial charge in [0.25, 0.3) is 6.43 Å². The van der Waals surface area contributed by atoms with Crippen LogP contribution in [0, 0.1) is 0 Å². The van der Waals surface area contributed by atoms with Gasteiger partial charge in [0.1, 0.15) is 16.8 Å². The van der Waals surface area contributed by atoms with Crippen LogP contribution in [0.25, 0.3) is 0 Å². The van der Waals surface area contributed by atoms with E-state index >= 15 is 0 Å². The standard InChI is InChI=1S/C14H16F5N3O4/c1-5-26-13(24)7-8(21-22(2)3)6(12(23)25-4)9(11(15)16)20-10(7)14(17,18)19/h11H,5H2,1-4H3,(H,20,21). The Morgan fingerprint density at radius 3 is 2.15 bits per heavy atom. The Morgan fingerprint density at radius 1 is 1.19 bits per heavy atom. The van der Waals surface area contributed by atoms with E-state index in [1.54, 1.807) is 0 Å². The highest BCUT2D eigenvalue weighted by atomic mass is 19.4. The second-order valence-electron chi connectivity index (χ2n) is 4.99. The monoisotopic (exact) mass is 385 g/mol. The molecule has 1 heterocycles. The van der Waals surface area contributed by atoms with Gasteiger partial charge in [-0.25, -0.2) is 28.4 Å². The minimum absolute atomic E-state index is 0.290. The predicted molar refractivity (Wildman–Crippen MR) is 78.8 cm³/mol. The molecule has 0 bridgehead atoms. The molecule has 26 heavy (non-hydrogen) atoms. The molecule has 0 unspecified atom stereocenters. The van der Waals surface area contributed by atoms with E-state index in [2.05, 4.69) is 19.9 Å². The first-order chi connectivity index (χ1) is 11.9. The van der Waals surface area contributed by atoms with Crippen LogP contribution in [0.2, 0.25) is 0 Å². The third-order valence-electron chi connectivity index (χ3n) is 2.90. The van der Waals surface area contributed by atoms with Crippen molar-refractivity contribution in [3.63, 3.8) is 0 Å². The number of rotatable bonds is 6. The third kappa shape index (κ3) is 4.56. The molecule has 0 aromatic carbocycles. The van der Waals surface area contributed by atoms with E-state index < -0.39 is 52.7 Å². The molecule has 0 aliphatic rings. The zero-order valence-electron chi connectivity index (χ0n) is 14.2. The van der Waals surface area contributed by atoms with Gasteiger partial charge in [-0.15, -0.1) is 0 Å². The lowest BCUT2D eigenvalue weighted by Crippen LogP contribution is -2.29. The summed E-state index contributed by atoms with van der Waals surface area (Å²) in [5.74, 6) is -2.88. The van der Waals surface area contributed by atoms with Crippen LogP contribution in [-0.4, -0.2) is 49.7 Å². The molecule has 0 aliphatic heterocycles. The molecule has 12 heteroatoms. The first-order valence-electron chi connectivity index (χ1n) is 7.08. The fourth-order valence-corrected chi connectivity index (χ4v) is 2.01. The molecule has 1 rings (SSSR count). The number of nitrogens with zero attached hydrogens (tertiary/aromatic N) is 2. The second-order valence-corrected chi connectivity index (χ2v) is 4.99. The average Bonchev–Trinajstić information content (AvgIpc) is 2.51. The number of methoxy groups -OCH3 is 1. The van der Waals surface area contributed by atoms with Crippen molar-refractivity contribution in [3.8, 4) is 0 Å². The summed E-state index contributed by atoms with van der Waals surface area (Å²) in [7, 11) is 3.47. The number of carbonyl (C=O) groups excluding carboxylic acids is 2. The van der Waals surface area contributed by atoms with Crippen LogP contribution in [0.5, 0.6) is 0 Å².